The standard InChI is InChI=1S/C5H4O3S/c6-3-1-2-9-5(8)4(3)7/h1-2H2. The Bertz CT molecular complexity index is 167. The Kier molecular flexibility index (Phi) is 1.66. The molecule has 9 heavy (non-hydrogen) atoms. The molecule has 0 spiro atoms. The van der Waals surface area contributed by atoms with Crippen molar-refractivity contribution in [2.75, 3.05) is 5.75 Å². The number of carbonyl (C=O) groups excluding carboxylic acids is 3. The fourth-order valence-corrected chi connectivity index (χ4v) is 1.25. The van der Waals surface area contributed by atoms with Crippen molar-refractivity contribution in [1.29, 1.82) is 0 Å². The molecule has 0 aromatic heterocycles. The monoisotopic (exact) mass is 144 g/mol. The molecule has 1 aliphatic rings. The molecule has 1 saturated heterocycles. The molecule has 48 valence electrons. The number of thioether (sulfide) groups is 1. The Balaban J connectivity index is 2.74. The number of ketones is 2. The van der Waals surface area contributed by atoms with Crippen LogP contribution in [0.15, 0.2) is 0 Å². The Hall–Kier alpha value is -0.640. The first-order chi connectivity index (χ1) is 4.22. The van der Waals surface area contributed by atoms with E-state index in [2.05, 4.69) is 0 Å². The van der Waals surface area contributed by atoms with Crippen LogP contribution in [0.5, 0.6) is 0 Å². The average Bonchev–Trinajstić information content (AvgIpc) is 1.83. The van der Waals surface area contributed by atoms with Gasteiger partial charge in [-0.25, -0.2) is 0 Å². The Labute approximate surface area is 55.8 Å². The highest BCUT2D eigenvalue weighted by molar-refractivity contribution is 8.15. The number of rotatable bonds is 0. The van der Waals surface area contributed by atoms with Crippen molar-refractivity contribution in [3.63, 3.8) is 0 Å². The maximum absolute atomic E-state index is 10.4. The Morgan fingerprint density at radius 2 is 1.89 bits per heavy atom. The van der Waals surface area contributed by atoms with Gasteiger partial charge in [0, 0.05) is 12.2 Å². The maximum Gasteiger partial charge on any atom is 0.275 e. The minimum absolute atomic E-state index is 0.218. The summed E-state index contributed by atoms with van der Waals surface area (Å²) in [7, 11) is 0. The van der Waals surface area contributed by atoms with Crippen LogP contribution in [-0.4, -0.2) is 22.4 Å². The van der Waals surface area contributed by atoms with Gasteiger partial charge in [0.2, 0.25) is 5.78 Å². The second-order valence-corrected chi connectivity index (χ2v) is 2.71. The van der Waals surface area contributed by atoms with Crippen molar-refractivity contribution in [3.05, 3.63) is 0 Å². The van der Waals surface area contributed by atoms with Gasteiger partial charge < -0.3 is 0 Å². The molecule has 0 saturated carbocycles. The fourth-order valence-electron chi connectivity index (χ4n) is 0.529. The second-order valence-electron chi connectivity index (χ2n) is 1.64. The molecule has 0 unspecified atom stereocenters. The van der Waals surface area contributed by atoms with E-state index in [0.29, 0.717) is 5.75 Å². The van der Waals surface area contributed by atoms with Gasteiger partial charge in [0.25, 0.3) is 10.9 Å². The first-order valence-corrected chi connectivity index (χ1v) is 3.44. The summed E-state index contributed by atoms with van der Waals surface area (Å²) in [6.45, 7) is 0. The number of hydrogen-bond acceptors (Lipinski definition) is 4. The van der Waals surface area contributed by atoms with Crippen LogP contribution in [0.25, 0.3) is 0 Å². The maximum atomic E-state index is 10.4. The van der Waals surface area contributed by atoms with E-state index in [1.807, 2.05) is 0 Å². The van der Waals surface area contributed by atoms with Gasteiger partial charge in [-0.15, -0.1) is 0 Å². The topological polar surface area (TPSA) is 51.2 Å². The summed E-state index contributed by atoms with van der Waals surface area (Å²) in [4.78, 5) is 31.2. The smallest absolute Gasteiger partial charge is 0.275 e. The second kappa shape index (κ2) is 2.31. The summed E-state index contributed by atoms with van der Waals surface area (Å²) < 4.78 is 0. The van der Waals surface area contributed by atoms with Crippen LogP contribution < -0.4 is 0 Å². The Morgan fingerprint density at radius 1 is 1.22 bits per heavy atom. The molecule has 1 aliphatic heterocycles. The molecule has 3 nitrogen and oxygen atoms in total. The van der Waals surface area contributed by atoms with Gasteiger partial charge in [0.05, 0.1) is 0 Å². The van der Waals surface area contributed by atoms with Gasteiger partial charge >= 0.3 is 0 Å². The summed E-state index contributed by atoms with van der Waals surface area (Å²) in [6, 6.07) is 0. The zero-order valence-corrected chi connectivity index (χ0v) is 5.36. The van der Waals surface area contributed by atoms with Crippen LogP contribution in [0, 0.1) is 0 Å². The summed E-state index contributed by atoms with van der Waals surface area (Å²) in [5, 5.41) is -0.605. The number of carbonyl (C=O) groups is 3. The molecule has 1 heterocycles. The molecule has 0 bridgehead atoms. The van der Waals surface area contributed by atoms with Crippen LogP contribution in [0.3, 0.4) is 0 Å². The van der Waals surface area contributed by atoms with Crippen LogP contribution in [0.4, 0.5) is 0 Å². The molecule has 0 N–H and O–H groups in total. The third kappa shape index (κ3) is 1.18. The van der Waals surface area contributed by atoms with Crippen molar-refractivity contribution in [2.24, 2.45) is 0 Å². The lowest BCUT2D eigenvalue weighted by molar-refractivity contribution is -0.141. The summed E-state index contributed by atoms with van der Waals surface area (Å²) >= 11 is 0.921. The summed E-state index contributed by atoms with van der Waals surface area (Å²) in [5.41, 5.74) is 0. The molecule has 0 aromatic rings. The average molecular weight is 144 g/mol. The minimum atomic E-state index is -0.841. The van der Waals surface area contributed by atoms with E-state index in [4.69, 9.17) is 0 Å². The zero-order chi connectivity index (χ0) is 6.85. The van der Waals surface area contributed by atoms with Gasteiger partial charge in [0.1, 0.15) is 0 Å². The van der Waals surface area contributed by atoms with Gasteiger partial charge in [0.15, 0.2) is 0 Å². The third-order valence-electron chi connectivity index (χ3n) is 1.00. The quantitative estimate of drug-likeness (QED) is 0.441. The van der Waals surface area contributed by atoms with E-state index in [0.717, 1.165) is 11.8 Å². The highest BCUT2D eigenvalue weighted by Gasteiger charge is 2.27. The van der Waals surface area contributed by atoms with E-state index >= 15 is 0 Å². The molecule has 1 fully saturated rings. The fraction of sp³-hybridized carbons (Fsp3) is 0.400. The van der Waals surface area contributed by atoms with Crippen molar-refractivity contribution in [2.45, 2.75) is 6.42 Å². The van der Waals surface area contributed by atoms with E-state index in [1.165, 1.54) is 0 Å². The highest BCUT2D eigenvalue weighted by Crippen LogP contribution is 2.12. The molecular weight excluding hydrogens is 140 g/mol. The van der Waals surface area contributed by atoms with Gasteiger partial charge in [-0.05, 0) is 0 Å². The molecule has 0 aromatic carbocycles. The van der Waals surface area contributed by atoms with Gasteiger partial charge in [-0.2, -0.15) is 0 Å². The van der Waals surface area contributed by atoms with Crippen LogP contribution in [0.1, 0.15) is 6.42 Å². The number of Topliss-reactive ketones (excluding diaryl/α,β-unsaturated/α-hetero) is 2. The lowest BCUT2D eigenvalue weighted by Gasteiger charge is -2.03. The largest absolute Gasteiger partial charge is 0.290 e. The zero-order valence-electron chi connectivity index (χ0n) is 4.55. The molecule has 0 radical (unpaired) electrons. The molecule has 0 aliphatic carbocycles. The van der Waals surface area contributed by atoms with Crippen LogP contribution in [0.2, 0.25) is 0 Å². The van der Waals surface area contributed by atoms with Crippen molar-refractivity contribution in [1.82, 2.24) is 0 Å². The highest BCUT2D eigenvalue weighted by atomic mass is 32.2. The SMILES string of the molecule is O=C1CCSC(=O)C1=O. The van der Waals surface area contributed by atoms with E-state index in [9.17, 15) is 14.4 Å². The lowest BCUT2D eigenvalue weighted by Crippen LogP contribution is -2.26. The predicted molar refractivity (Wildman–Crippen MR) is 32.1 cm³/mol. The van der Waals surface area contributed by atoms with Crippen molar-refractivity contribution < 1.29 is 14.4 Å². The van der Waals surface area contributed by atoms with Crippen molar-refractivity contribution in [3.8, 4) is 0 Å². The molecule has 0 amide bonds. The minimum Gasteiger partial charge on any atom is -0.290 e. The van der Waals surface area contributed by atoms with Gasteiger partial charge in [-0.3, -0.25) is 14.4 Å². The van der Waals surface area contributed by atoms with Crippen molar-refractivity contribution >= 4 is 28.4 Å². The molecule has 1 rings (SSSR count). The first-order valence-electron chi connectivity index (χ1n) is 2.46. The lowest BCUT2D eigenvalue weighted by atomic mass is 10.2. The van der Waals surface area contributed by atoms with E-state index in [-0.39, 0.29) is 6.42 Å². The van der Waals surface area contributed by atoms with Gasteiger partial charge in [-0.1, -0.05) is 11.8 Å². The number of hydrogen-bond donors (Lipinski definition) is 0. The van der Waals surface area contributed by atoms with Crippen LogP contribution in [-0.2, 0) is 14.4 Å². The Morgan fingerprint density at radius 3 is 2.33 bits per heavy atom. The molecular formula is C5H4O3S. The molecule has 4 heteroatoms. The summed E-state index contributed by atoms with van der Waals surface area (Å²) in [6.07, 6.45) is 0.218. The predicted octanol–water partition coefficient (Wildman–Crippen LogP) is -0.212. The normalized spacial score (nSPS) is 20.7. The molecule has 0 atom stereocenters. The van der Waals surface area contributed by atoms with Crippen LogP contribution >= 0.6 is 11.8 Å². The van der Waals surface area contributed by atoms with E-state index in [1.54, 1.807) is 0 Å². The first kappa shape index (κ1) is 6.48. The third-order valence-corrected chi connectivity index (χ3v) is 1.86. The summed E-state index contributed by atoms with van der Waals surface area (Å²) in [5.74, 6) is -0.923. The van der Waals surface area contributed by atoms with E-state index < -0.39 is 16.7 Å².